The predicted molar refractivity (Wildman–Crippen MR) is 73.5 cm³/mol. The van der Waals surface area contributed by atoms with Gasteiger partial charge in [-0.25, -0.2) is 0 Å². The van der Waals surface area contributed by atoms with Gasteiger partial charge in [0.05, 0.1) is 0 Å². The van der Waals surface area contributed by atoms with E-state index < -0.39 is 0 Å². The topological polar surface area (TPSA) is 35.6 Å². The molecule has 0 spiro atoms. The van der Waals surface area contributed by atoms with Crippen LogP contribution in [0.25, 0.3) is 0 Å². The van der Waals surface area contributed by atoms with Gasteiger partial charge in [-0.1, -0.05) is 0 Å². The summed E-state index contributed by atoms with van der Waals surface area (Å²) in [6.07, 6.45) is 5.57. The van der Waals surface area contributed by atoms with Gasteiger partial charge < -0.3 is 15.1 Å². The maximum Gasteiger partial charge on any atom is 0.222 e. The van der Waals surface area contributed by atoms with E-state index in [2.05, 4.69) is 24.2 Å². The summed E-state index contributed by atoms with van der Waals surface area (Å²) in [6, 6.07) is 1.04. The zero-order valence-electron chi connectivity index (χ0n) is 11.8. The van der Waals surface area contributed by atoms with Crippen LogP contribution in [0.3, 0.4) is 0 Å². The monoisotopic (exact) mass is 253 g/mol. The second kappa shape index (κ2) is 6.53. The fraction of sp³-hybridized carbons (Fsp3) is 0.929. The largest absolute Gasteiger partial charge is 0.341 e. The molecule has 1 N–H and O–H groups in total. The van der Waals surface area contributed by atoms with E-state index in [1.165, 1.54) is 32.4 Å². The SMILES string of the molecule is CC(CN1CCCC1=O)NC1CCCN(C)CC1. The number of rotatable bonds is 4. The number of nitrogens with one attached hydrogen (secondary N) is 1. The average molecular weight is 253 g/mol. The Morgan fingerprint density at radius 3 is 2.83 bits per heavy atom. The first-order valence-electron chi connectivity index (χ1n) is 7.37. The molecule has 0 bridgehead atoms. The van der Waals surface area contributed by atoms with Crippen molar-refractivity contribution in [2.45, 2.75) is 51.1 Å². The number of carbonyl (C=O) groups excluding carboxylic acids is 1. The van der Waals surface area contributed by atoms with Crippen LogP contribution in [0.2, 0.25) is 0 Å². The second-order valence-corrected chi connectivity index (χ2v) is 5.94. The van der Waals surface area contributed by atoms with Crippen LogP contribution < -0.4 is 5.32 Å². The summed E-state index contributed by atoms with van der Waals surface area (Å²) in [5.41, 5.74) is 0. The van der Waals surface area contributed by atoms with Crippen LogP contribution in [0.5, 0.6) is 0 Å². The minimum absolute atomic E-state index is 0.337. The van der Waals surface area contributed by atoms with Gasteiger partial charge in [0, 0.05) is 31.6 Å². The molecular weight excluding hydrogens is 226 g/mol. The lowest BCUT2D eigenvalue weighted by Crippen LogP contribution is -2.44. The van der Waals surface area contributed by atoms with E-state index in [0.29, 0.717) is 18.0 Å². The first kappa shape index (κ1) is 13.8. The smallest absolute Gasteiger partial charge is 0.222 e. The van der Waals surface area contributed by atoms with Crippen molar-refractivity contribution in [3.8, 4) is 0 Å². The first-order valence-corrected chi connectivity index (χ1v) is 7.37. The molecule has 4 nitrogen and oxygen atoms in total. The van der Waals surface area contributed by atoms with Crippen molar-refractivity contribution in [3.05, 3.63) is 0 Å². The van der Waals surface area contributed by atoms with Gasteiger partial charge in [-0.2, -0.15) is 0 Å². The molecular formula is C14H27N3O. The Kier molecular flexibility index (Phi) is 5.01. The molecule has 0 radical (unpaired) electrons. The van der Waals surface area contributed by atoms with Gasteiger partial charge in [0.25, 0.3) is 0 Å². The van der Waals surface area contributed by atoms with E-state index >= 15 is 0 Å². The van der Waals surface area contributed by atoms with Crippen LogP contribution in [0.15, 0.2) is 0 Å². The third-order valence-electron chi connectivity index (χ3n) is 4.14. The van der Waals surface area contributed by atoms with Crippen LogP contribution in [0.4, 0.5) is 0 Å². The molecule has 4 heteroatoms. The van der Waals surface area contributed by atoms with Crippen molar-refractivity contribution in [2.24, 2.45) is 0 Å². The summed E-state index contributed by atoms with van der Waals surface area (Å²) in [7, 11) is 2.20. The Hall–Kier alpha value is -0.610. The molecule has 18 heavy (non-hydrogen) atoms. The molecule has 1 amide bonds. The molecule has 0 aromatic heterocycles. The highest BCUT2D eigenvalue weighted by atomic mass is 16.2. The molecule has 2 aliphatic heterocycles. The van der Waals surface area contributed by atoms with E-state index in [1.807, 2.05) is 4.90 Å². The zero-order valence-corrected chi connectivity index (χ0v) is 11.8. The van der Waals surface area contributed by atoms with Gasteiger partial charge in [0.15, 0.2) is 0 Å². The fourth-order valence-corrected chi connectivity index (χ4v) is 3.09. The normalized spacial score (nSPS) is 28.4. The Morgan fingerprint density at radius 1 is 1.28 bits per heavy atom. The third kappa shape index (κ3) is 3.95. The minimum atomic E-state index is 0.337. The second-order valence-electron chi connectivity index (χ2n) is 5.94. The maximum absolute atomic E-state index is 11.6. The van der Waals surface area contributed by atoms with Crippen molar-refractivity contribution in [1.82, 2.24) is 15.1 Å². The van der Waals surface area contributed by atoms with Crippen LogP contribution >= 0.6 is 0 Å². The minimum Gasteiger partial charge on any atom is -0.341 e. The third-order valence-corrected chi connectivity index (χ3v) is 4.14. The van der Waals surface area contributed by atoms with E-state index in [0.717, 1.165) is 25.9 Å². The molecule has 2 fully saturated rings. The van der Waals surface area contributed by atoms with Crippen molar-refractivity contribution in [3.63, 3.8) is 0 Å². The van der Waals surface area contributed by atoms with E-state index in [9.17, 15) is 4.79 Å². The fourth-order valence-electron chi connectivity index (χ4n) is 3.09. The summed E-state index contributed by atoms with van der Waals surface area (Å²) >= 11 is 0. The molecule has 104 valence electrons. The van der Waals surface area contributed by atoms with E-state index in [1.54, 1.807) is 0 Å². The quantitative estimate of drug-likeness (QED) is 0.814. The number of likely N-dealkylation sites (tertiary alicyclic amines) is 2. The predicted octanol–water partition coefficient (Wildman–Crippen LogP) is 1.07. The number of amides is 1. The van der Waals surface area contributed by atoms with Crippen LogP contribution in [-0.4, -0.2) is 61.0 Å². The van der Waals surface area contributed by atoms with Gasteiger partial charge in [-0.3, -0.25) is 4.79 Å². The molecule has 2 aliphatic rings. The lowest BCUT2D eigenvalue weighted by molar-refractivity contribution is -0.127. The molecule has 2 saturated heterocycles. The van der Waals surface area contributed by atoms with E-state index in [4.69, 9.17) is 0 Å². The van der Waals surface area contributed by atoms with Gasteiger partial charge in [-0.05, 0) is 52.7 Å². The van der Waals surface area contributed by atoms with Crippen molar-refractivity contribution >= 4 is 5.91 Å². The van der Waals surface area contributed by atoms with Crippen LogP contribution in [0.1, 0.15) is 39.0 Å². The molecule has 2 heterocycles. The highest BCUT2D eigenvalue weighted by Crippen LogP contribution is 2.13. The molecule has 0 aromatic carbocycles. The number of hydrogen-bond donors (Lipinski definition) is 1. The summed E-state index contributed by atoms with van der Waals surface area (Å²) in [6.45, 7) is 6.45. The molecule has 2 rings (SSSR count). The van der Waals surface area contributed by atoms with Gasteiger partial charge >= 0.3 is 0 Å². The number of carbonyl (C=O) groups is 1. The van der Waals surface area contributed by atoms with E-state index in [-0.39, 0.29) is 0 Å². The Labute approximate surface area is 111 Å². The standard InChI is InChI=1S/C14H27N3O/c1-12(11-17-9-4-6-14(17)18)15-13-5-3-8-16(2)10-7-13/h12-13,15H,3-11H2,1-2H3. The van der Waals surface area contributed by atoms with Crippen molar-refractivity contribution < 1.29 is 4.79 Å². The number of hydrogen-bond acceptors (Lipinski definition) is 3. The van der Waals surface area contributed by atoms with Gasteiger partial charge in [-0.15, -0.1) is 0 Å². The Bertz CT molecular complexity index is 282. The van der Waals surface area contributed by atoms with Crippen LogP contribution in [0, 0.1) is 0 Å². The lowest BCUT2D eigenvalue weighted by atomic mass is 10.1. The summed E-state index contributed by atoms with van der Waals surface area (Å²) in [5, 5.41) is 3.71. The van der Waals surface area contributed by atoms with Gasteiger partial charge in [0.1, 0.15) is 0 Å². The Balaban J connectivity index is 1.72. The zero-order chi connectivity index (χ0) is 13.0. The average Bonchev–Trinajstić information content (AvgIpc) is 2.59. The lowest BCUT2D eigenvalue weighted by Gasteiger charge is -2.26. The molecule has 0 saturated carbocycles. The molecule has 0 aromatic rings. The van der Waals surface area contributed by atoms with Gasteiger partial charge in [0.2, 0.25) is 5.91 Å². The highest BCUT2D eigenvalue weighted by molar-refractivity contribution is 5.78. The van der Waals surface area contributed by atoms with Crippen LogP contribution in [-0.2, 0) is 4.79 Å². The summed E-state index contributed by atoms with van der Waals surface area (Å²) in [4.78, 5) is 16.0. The number of nitrogens with zero attached hydrogens (tertiary/aromatic N) is 2. The Morgan fingerprint density at radius 2 is 2.11 bits per heavy atom. The van der Waals surface area contributed by atoms with Crippen molar-refractivity contribution in [2.75, 3.05) is 33.2 Å². The molecule has 2 atom stereocenters. The molecule has 2 unspecified atom stereocenters. The summed E-state index contributed by atoms with van der Waals surface area (Å²) < 4.78 is 0. The molecule has 0 aliphatic carbocycles. The first-order chi connectivity index (χ1) is 8.65. The van der Waals surface area contributed by atoms with Crippen molar-refractivity contribution in [1.29, 1.82) is 0 Å². The maximum atomic E-state index is 11.6. The summed E-state index contributed by atoms with van der Waals surface area (Å²) in [5.74, 6) is 0.337. The highest BCUT2D eigenvalue weighted by Gasteiger charge is 2.23.